The first-order valence-electron chi connectivity index (χ1n) is 6.98. The van der Waals surface area contributed by atoms with Gasteiger partial charge in [-0.2, -0.15) is 0 Å². The fraction of sp³-hybridized carbons (Fsp3) is 0.294. The summed E-state index contributed by atoms with van der Waals surface area (Å²) in [5.41, 5.74) is 2.63. The molecule has 0 radical (unpaired) electrons. The fourth-order valence-electron chi connectivity index (χ4n) is 2.24. The highest BCUT2D eigenvalue weighted by atomic mass is 35.5. The Kier molecular flexibility index (Phi) is 5.59. The number of methoxy groups -OCH3 is 1. The first-order valence-corrected chi connectivity index (χ1v) is 7.36. The molecule has 0 heterocycles. The van der Waals surface area contributed by atoms with Crippen LogP contribution in [0.25, 0.3) is 11.1 Å². The Balaban J connectivity index is 2.46. The lowest BCUT2D eigenvalue weighted by Gasteiger charge is -2.14. The highest BCUT2D eigenvalue weighted by molar-refractivity contribution is 6.31. The van der Waals surface area contributed by atoms with Crippen LogP contribution in [-0.4, -0.2) is 13.7 Å². The molecule has 0 saturated carbocycles. The van der Waals surface area contributed by atoms with Gasteiger partial charge in [0.15, 0.2) is 0 Å². The van der Waals surface area contributed by atoms with Crippen molar-refractivity contribution in [3.8, 4) is 16.9 Å². The quantitative estimate of drug-likeness (QED) is 0.784. The van der Waals surface area contributed by atoms with Crippen LogP contribution in [0.2, 0.25) is 5.02 Å². The van der Waals surface area contributed by atoms with E-state index in [9.17, 15) is 4.39 Å². The van der Waals surface area contributed by atoms with E-state index < -0.39 is 0 Å². The molecule has 2 rings (SSSR count). The Labute approximate surface area is 129 Å². The average Bonchev–Trinajstić information content (AvgIpc) is 2.49. The normalized spacial score (nSPS) is 10.7. The van der Waals surface area contributed by atoms with Gasteiger partial charge >= 0.3 is 0 Å². The van der Waals surface area contributed by atoms with Gasteiger partial charge in [-0.05, 0) is 54.4 Å². The summed E-state index contributed by atoms with van der Waals surface area (Å²) in [4.78, 5) is 0. The second kappa shape index (κ2) is 7.43. The van der Waals surface area contributed by atoms with E-state index in [-0.39, 0.29) is 5.82 Å². The van der Waals surface area contributed by atoms with Gasteiger partial charge in [-0.1, -0.05) is 24.6 Å². The third-order valence-corrected chi connectivity index (χ3v) is 3.50. The fourth-order valence-corrected chi connectivity index (χ4v) is 2.42. The summed E-state index contributed by atoms with van der Waals surface area (Å²) < 4.78 is 19.0. The van der Waals surface area contributed by atoms with E-state index in [0.717, 1.165) is 29.7 Å². The van der Waals surface area contributed by atoms with Crippen LogP contribution in [0.3, 0.4) is 0 Å². The molecule has 0 saturated heterocycles. The molecule has 112 valence electrons. The van der Waals surface area contributed by atoms with Crippen molar-refractivity contribution in [2.24, 2.45) is 0 Å². The topological polar surface area (TPSA) is 21.3 Å². The van der Waals surface area contributed by atoms with Crippen molar-refractivity contribution < 1.29 is 9.13 Å². The number of hydrogen-bond acceptors (Lipinski definition) is 2. The van der Waals surface area contributed by atoms with Crippen LogP contribution in [0.15, 0.2) is 36.4 Å². The number of ether oxygens (including phenoxy) is 1. The lowest BCUT2D eigenvalue weighted by molar-refractivity contribution is 0.416. The molecule has 21 heavy (non-hydrogen) atoms. The van der Waals surface area contributed by atoms with Gasteiger partial charge in [0.05, 0.1) is 7.11 Å². The van der Waals surface area contributed by atoms with Gasteiger partial charge in [-0.3, -0.25) is 0 Å². The summed E-state index contributed by atoms with van der Waals surface area (Å²) in [7, 11) is 1.60. The second-order valence-electron chi connectivity index (χ2n) is 4.82. The van der Waals surface area contributed by atoms with Crippen molar-refractivity contribution in [3.63, 3.8) is 0 Å². The minimum atomic E-state index is -0.272. The van der Waals surface area contributed by atoms with Crippen molar-refractivity contribution in [2.75, 3.05) is 13.7 Å². The SMILES string of the molecule is CCCNCc1ccc(F)cc1-c1cc(Cl)ccc1OC. The van der Waals surface area contributed by atoms with E-state index in [1.165, 1.54) is 12.1 Å². The molecular weight excluding hydrogens is 289 g/mol. The summed E-state index contributed by atoms with van der Waals surface area (Å²) in [6, 6.07) is 10.2. The van der Waals surface area contributed by atoms with E-state index in [0.29, 0.717) is 17.3 Å². The molecule has 0 aliphatic carbocycles. The molecule has 0 atom stereocenters. The molecule has 0 bridgehead atoms. The molecule has 0 aliphatic rings. The van der Waals surface area contributed by atoms with E-state index in [1.807, 2.05) is 0 Å². The molecule has 4 heteroatoms. The summed E-state index contributed by atoms with van der Waals surface area (Å²) in [6.07, 6.45) is 1.05. The van der Waals surface area contributed by atoms with Gasteiger partial charge in [-0.25, -0.2) is 4.39 Å². The molecule has 2 nitrogen and oxygen atoms in total. The van der Waals surface area contributed by atoms with Crippen molar-refractivity contribution in [2.45, 2.75) is 19.9 Å². The molecular formula is C17H19ClFNO. The maximum atomic E-state index is 13.7. The number of hydrogen-bond donors (Lipinski definition) is 1. The number of halogens is 2. The van der Waals surface area contributed by atoms with Crippen molar-refractivity contribution in [1.29, 1.82) is 0 Å². The number of benzene rings is 2. The van der Waals surface area contributed by atoms with Gasteiger partial charge in [-0.15, -0.1) is 0 Å². The monoisotopic (exact) mass is 307 g/mol. The zero-order chi connectivity index (χ0) is 15.2. The summed E-state index contributed by atoms with van der Waals surface area (Å²) in [6.45, 7) is 3.71. The van der Waals surface area contributed by atoms with Crippen LogP contribution < -0.4 is 10.1 Å². The zero-order valence-electron chi connectivity index (χ0n) is 12.2. The third kappa shape index (κ3) is 3.96. The van der Waals surface area contributed by atoms with Gasteiger partial charge in [0.1, 0.15) is 11.6 Å². The van der Waals surface area contributed by atoms with Gasteiger partial charge in [0, 0.05) is 17.1 Å². The number of nitrogens with one attached hydrogen (secondary N) is 1. The van der Waals surface area contributed by atoms with Gasteiger partial charge < -0.3 is 10.1 Å². The Morgan fingerprint density at radius 1 is 1.14 bits per heavy atom. The van der Waals surface area contributed by atoms with Crippen LogP contribution in [0.1, 0.15) is 18.9 Å². The zero-order valence-corrected chi connectivity index (χ0v) is 13.0. The highest BCUT2D eigenvalue weighted by Crippen LogP contribution is 2.35. The van der Waals surface area contributed by atoms with Gasteiger partial charge in [0.25, 0.3) is 0 Å². The van der Waals surface area contributed by atoms with Crippen LogP contribution in [0.5, 0.6) is 5.75 Å². The lowest BCUT2D eigenvalue weighted by Crippen LogP contribution is -2.14. The van der Waals surface area contributed by atoms with Crippen LogP contribution in [0, 0.1) is 5.82 Å². The molecule has 0 amide bonds. The van der Waals surface area contributed by atoms with Crippen molar-refractivity contribution in [1.82, 2.24) is 5.32 Å². The maximum Gasteiger partial charge on any atom is 0.126 e. The molecule has 1 N–H and O–H groups in total. The van der Waals surface area contributed by atoms with E-state index >= 15 is 0 Å². The molecule has 0 aliphatic heterocycles. The molecule has 0 unspecified atom stereocenters. The Morgan fingerprint density at radius 3 is 2.67 bits per heavy atom. The minimum Gasteiger partial charge on any atom is -0.496 e. The lowest BCUT2D eigenvalue weighted by atomic mass is 9.98. The first-order chi connectivity index (χ1) is 10.2. The standard InChI is InChI=1S/C17H19ClFNO/c1-3-8-20-11-12-4-6-14(19)10-15(12)16-9-13(18)5-7-17(16)21-2/h4-7,9-10,20H,3,8,11H2,1-2H3. The van der Waals surface area contributed by atoms with Crippen LogP contribution >= 0.6 is 11.6 Å². The smallest absolute Gasteiger partial charge is 0.126 e. The summed E-state index contributed by atoms with van der Waals surface area (Å²) in [5, 5.41) is 3.94. The molecule has 2 aromatic rings. The molecule has 0 aromatic heterocycles. The largest absolute Gasteiger partial charge is 0.496 e. The van der Waals surface area contributed by atoms with Crippen molar-refractivity contribution >= 4 is 11.6 Å². The Morgan fingerprint density at radius 2 is 1.95 bits per heavy atom. The molecule has 0 spiro atoms. The van der Waals surface area contributed by atoms with Crippen molar-refractivity contribution in [3.05, 3.63) is 52.8 Å². The maximum absolute atomic E-state index is 13.7. The average molecular weight is 308 g/mol. The summed E-state index contributed by atoms with van der Waals surface area (Å²) >= 11 is 6.08. The molecule has 2 aromatic carbocycles. The number of rotatable bonds is 6. The van der Waals surface area contributed by atoms with Gasteiger partial charge in [0.2, 0.25) is 0 Å². The second-order valence-corrected chi connectivity index (χ2v) is 5.26. The Hall–Kier alpha value is -1.58. The van der Waals surface area contributed by atoms with Crippen LogP contribution in [-0.2, 0) is 6.54 Å². The Bertz CT molecular complexity index is 616. The van der Waals surface area contributed by atoms with E-state index in [2.05, 4.69) is 12.2 Å². The predicted molar refractivity (Wildman–Crippen MR) is 85.4 cm³/mol. The van der Waals surface area contributed by atoms with E-state index in [1.54, 1.807) is 31.4 Å². The predicted octanol–water partition coefficient (Wildman–Crippen LogP) is 4.65. The highest BCUT2D eigenvalue weighted by Gasteiger charge is 2.12. The van der Waals surface area contributed by atoms with Crippen LogP contribution in [0.4, 0.5) is 4.39 Å². The third-order valence-electron chi connectivity index (χ3n) is 3.27. The minimum absolute atomic E-state index is 0.272. The summed E-state index contributed by atoms with van der Waals surface area (Å²) in [5.74, 6) is 0.410. The first kappa shape index (κ1) is 15.8. The van der Waals surface area contributed by atoms with E-state index in [4.69, 9.17) is 16.3 Å². The molecule has 0 fully saturated rings.